The van der Waals surface area contributed by atoms with Crippen molar-refractivity contribution in [1.82, 2.24) is 5.32 Å². The molecule has 0 atom stereocenters. The standard InChI is InChI=1S/C16H22N2O/c1-13(2)16(7-8-16)12-18-11-14-3-5-15(6-4-14)19-10-9-17/h3-6,13,18H,7-8,10-12H2,1-2H3. The molecule has 1 aliphatic carbocycles. The second-order valence-electron chi connectivity index (χ2n) is 5.71. The van der Waals surface area contributed by atoms with Gasteiger partial charge in [0.1, 0.15) is 11.8 Å². The topological polar surface area (TPSA) is 45.0 Å². The molecular weight excluding hydrogens is 236 g/mol. The van der Waals surface area contributed by atoms with Crippen molar-refractivity contribution in [3.63, 3.8) is 0 Å². The fraction of sp³-hybridized carbons (Fsp3) is 0.562. The second-order valence-corrected chi connectivity index (χ2v) is 5.71. The zero-order chi connectivity index (χ0) is 13.7. The van der Waals surface area contributed by atoms with E-state index in [4.69, 9.17) is 10.00 Å². The molecule has 0 amide bonds. The van der Waals surface area contributed by atoms with Crippen molar-refractivity contribution in [2.45, 2.75) is 33.2 Å². The minimum atomic E-state index is 0.106. The monoisotopic (exact) mass is 258 g/mol. The summed E-state index contributed by atoms with van der Waals surface area (Å²) in [5.41, 5.74) is 1.81. The van der Waals surface area contributed by atoms with E-state index in [0.717, 1.165) is 24.8 Å². The molecule has 0 saturated heterocycles. The third-order valence-electron chi connectivity index (χ3n) is 4.15. The number of nitrogens with zero attached hydrogens (tertiary/aromatic N) is 1. The Hall–Kier alpha value is -1.53. The molecule has 2 rings (SSSR count). The molecule has 0 unspecified atom stereocenters. The molecule has 19 heavy (non-hydrogen) atoms. The molecule has 1 aromatic rings. The van der Waals surface area contributed by atoms with E-state index in [2.05, 4.69) is 31.3 Å². The largest absolute Gasteiger partial charge is 0.479 e. The first-order chi connectivity index (χ1) is 9.16. The van der Waals surface area contributed by atoms with E-state index >= 15 is 0 Å². The number of hydrogen-bond acceptors (Lipinski definition) is 3. The molecule has 0 radical (unpaired) electrons. The molecule has 1 fully saturated rings. The molecule has 102 valence electrons. The van der Waals surface area contributed by atoms with Crippen LogP contribution in [0.25, 0.3) is 0 Å². The summed E-state index contributed by atoms with van der Waals surface area (Å²) >= 11 is 0. The molecule has 1 aliphatic rings. The maximum Gasteiger partial charge on any atom is 0.174 e. The molecule has 1 aromatic carbocycles. The Labute approximate surface area is 115 Å². The summed E-state index contributed by atoms with van der Waals surface area (Å²) in [6, 6.07) is 9.91. The summed E-state index contributed by atoms with van der Waals surface area (Å²) in [5, 5.41) is 12.0. The average Bonchev–Trinajstić information content (AvgIpc) is 3.19. The number of benzene rings is 1. The maximum absolute atomic E-state index is 8.44. The molecule has 3 heteroatoms. The Morgan fingerprint density at radius 2 is 2.00 bits per heavy atom. The van der Waals surface area contributed by atoms with Crippen LogP contribution >= 0.6 is 0 Å². The lowest BCUT2D eigenvalue weighted by Gasteiger charge is -2.20. The van der Waals surface area contributed by atoms with E-state index in [9.17, 15) is 0 Å². The van der Waals surface area contributed by atoms with Crippen LogP contribution in [-0.4, -0.2) is 13.2 Å². The van der Waals surface area contributed by atoms with Gasteiger partial charge >= 0.3 is 0 Å². The lowest BCUT2D eigenvalue weighted by atomic mass is 9.92. The smallest absolute Gasteiger partial charge is 0.174 e. The van der Waals surface area contributed by atoms with Crippen molar-refractivity contribution in [3.8, 4) is 11.8 Å². The van der Waals surface area contributed by atoms with Crippen molar-refractivity contribution in [2.24, 2.45) is 11.3 Å². The van der Waals surface area contributed by atoms with Gasteiger partial charge in [-0.3, -0.25) is 0 Å². The van der Waals surface area contributed by atoms with Crippen molar-refractivity contribution < 1.29 is 4.74 Å². The van der Waals surface area contributed by atoms with E-state index in [1.807, 2.05) is 18.2 Å². The first kappa shape index (κ1) is 13.9. The quantitative estimate of drug-likeness (QED) is 0.817. The average molecular weight is 258 g/mol. The van der Waals surface area contributed by atoms with Crippen molar-refractivity contribution in [1.29, 1.82) is 5.26 Å². The summed E-state index contributed by atoms with van der Waals surface area (Å²) in [7, 11) is 0. The van der Waals surface area contributed by atoms with Crippen LogP contribution in [0.4, 0.5) is 0 Å². The van der Waals surface area contributed by atoms with E-state index < -0.39 is 0 Å². The third-order valence-corrected chi connectivity index (χ3v) is 4.15. The lowest BCUT2D eigenvalue weighted by molar-refractivity contribution is 0.337. The highest BCUT2D eigenvalue weighted by atomic mass is 16.5. The predicted octanol–water partition coefficient (Wildman–Crippen LogP) is 3.11. The Balaban J connectivity index is 1.76. The summed E-state index contributed by atoms with van der Waals surface area (Å²) in [5.74, 6) is 1.52. The van der Waals surface area contributed by atoms with Gasteiger partial charge in [0.05, 0.1) is 0 Å². The summed E-state index contributed by atoms with van der Waals surface area (Å²) in [6.45, 7) is 6.74. The number of rotatable bonds is 7. The fourth-order valence-electron chi connectivity index (χ4n) is 2.39. The van der Waals surface area contributed by atoms with Gasteiger partial charge in [0.25, 0.3) is 0 Å². The van der Waals surface area contributed by atoms with Gasteiger partial charge in [0.2, 0.25) is 0 Å². The molecule has 0 aromatic heterocycles. The van der Waals surface area contributed by atoms with Crippen molar-refractivity contribution >= 4 is 0 Å². The Kier molecular flexibility index (Phi) is 4.44. The van der Waals surface area contributed by atoms with Gasteiger partial charge in [-0.05, 0) is 41.9 Å². The zero-order valence-corrected chi connectivity index (χ0v) is 11.8. The van der Waals surface area contributed by atoms with Gasteiger partial charge < -0.3 is 10.1 Å². The lowest BCUT2D eigenvalue weighted by Crippen LogP contribution is -2.27. The van der Waals surface area contributed by atoms with Gasteiger partial charge in [0, 0.05) is 13.1 Å². The van der Waals surface area contributed by atoms with Gasteiger partial charge in [0.15, 0.2) is 6.61 Å². The predicted molar refractivity (Wildman–Crippen MR) is 75.8 cm³/mol. The molecule has 0 bridgehead atoms. The van der Waals surface area contributed by atoms with Gasteiger partial charge in [-0.25, -0.2) is 0 Å². The van der Waals surface area contributed by atoms with E-state index in [1.165, 1.54) is 18.4 Å². The highest BCUT2D eigenvalue weighted by molar-refractivity contribution is 5.27. The van der Waals surface area contributed by atoms with Crippen LogP contribution in [0.3, 0.4) is 0 Å². The molecule has 0 spiro atoms. The number of nitrogens with one attached hydrogen (secondary N) is 1. The second kappa shape index (κ2) is 6.08. The molecule has 1 saturated carbocycles. The molecule has 3 nitrogen and oxygen atoms in total. The van der Waals surface area contributed by atoms with Crippen LogP contribution in [0.2, 0.25) is 0 Å². The van der Waals surface area contributed by atoms with Gasteiger partial charge in [-0.2, -0.15) is 5.26 Å². The minimum Gasteiger partial charge on any atom is -0.479 e. The van der Waals surface area contributed by atoms with Crippen LogP contribution in [0, 0.1) is 22.7 Å². The van der Waals surface area contributed by atoms with Crippen LogP contribution in [0.1, 0.15) is 32.3 Å². The normalized spacial score (nSPS) is 16.1. The summed E-state index contributed by atoms with van der Waals surface area (Å²) in [6.07, 6.45) is 2.72. The molecule has 0 aliphatic heterocycles. The maximum atomic E-state index is 8.44. The molecule has 0 heterocycles. The minimum absolute atomic E-state index is 0.106. The van der Waals surface area contributed by atoms with Crippen LogP contribution in [0.5, 0.6) is 5.75 Å². The highest BCUT2D eigenvalue weighted by Crippen LogP contribution is 2.51. The number of nitriles is 1. The van der Waals surface area contributed by atoms with E-state index in [0.29, 0.717) is 5.41 Å². The number of hydrogen-bond donors (Lipinski definition) is 1. The molecular formula is C16H22N2O. The van der Waals surface area contributed by atoms with Crippen LogP contribution in [-0.2, 0) is 6.54 Å². The van der Waals surface area contributed by atoms with E-state index in [-0.39, 0.29) is 6.61 Å². The van der Waals surface area contributed by atoms with Crippen molar-refractivity contribution in [3.05, 3.63) is 29.8 Å². The zero-order valence-electron chi connectivity index (χ0n) is 11.8. The Bertz CT molecular complexity index is 441. The first-order valence-corrected chi connectivity index (χ1v) is 6.96. The summed E-state index contributed by atoms with van der Waals surface area (Å²) < 4.78 is 5.23. The Morgan fingerprint density at radius 1 is 1.32 bits per heavy atom. The van der Waals surface area contributed by atoms with Gasteiger partial charge in [-0.1, -0.05) is 26.0 Å². The van der Waals surface area contributed by atoms with Crippen LogP contribution < -0.4 is 10.1 Å². The fourth-order valence-corrected chi connectivity index (χ4v) is 2.39. The van der Waals surface area contributed by atoms with Gasteiger partial charge in [-0.15, -0.1) is 0 Å². The third kappa shape index (κ3) is 3.71. The van der Waals surface area contributed by atoms with Crippen molar-refractivity contribution in [2.75, 3.05) is 13.2 Å². The Morgan fingerprint density at radius 3 is 2.53 bits per heavy atom. The van der Waals surface area contributed by atoms with Crippen LogP contribution in [0.15, 0.2) is 24.3 Å². The highest BCUT2D eigenvalue weighted by Gasteiger charge is 2.44. The summed E-state index contributed by atoms with van der Waals surface area (Å²) in [4.78, 5) is 0. The number of ether oxygens (including phenoxy) is 1. The van der Waals surface area contributed by atoms with E-state index in [1.54, 1.807) is 0 Å². The SMILES string of the molecule is CC(C)C1(CNCc2ccc(OCC#N)cc2)CC1. The first-order valence-electron chi connectivity index (χ1n) is 6.96. The molecule has 1 N–H and O–H groups in total.